The number of carbonyl (C=O) groups excluding carboxylic acids is 1. The number of hydrogen-bond acceptors (Lipinski definition) is 7. The highest BCUT2D eigenvalue weighted by Crippen LogP contribution is 2.34. The predicted molar refractivity (Wildman–Crippen MR) is 137 cm³/mol. The Morgan fingerprint density at radius 2 is 1.85 bits per heavy atom. The standard InChI is InChI=1S/C25H21N5O2S2/c1-15-11-12-19(16(2)13-15)30-23(17-7-3-5-9-20(17)31)28-29-25(30)33-14-22(32)27-24-26-18-8-4-6-10-21(18)34-24/h3-13,31H,14H2,1-2H3,(H,26,27,32). The molecule has 0 aliphatic rings. The Hall–Kier alpha value is -3.69. The van der Waals surface area contributed by atoms with Crippen LogP contribution in [0.4, 0.5) is 5.13 Å². The van der Waals surface area contributed by atoms with E-state index in [1.165, 1.54) is 23.1 Å². The number of phenols is 1. The highest BCUT2D eigenvalue weighted by molar-refractivity contribution is 7.99. The molecule has 2 N–H and O–H groups in total. The average molecular weight is 488 g/mol. The van der Waals surface area contributed by atoms with Gasteiger partial charge in [-0.05, 0) is 49.7 Å². The molecule has 1 amide bonds. The first-order valence-electron chi connectivity index (χ1n) is 10.6. The van der Waals surface area contributed by atoms with Gasteiger partial charge >= 0.3 is 0 Å². The Labute approximate surface area is 204 Å². The zero-order valence-corrected chi connectivity index (χ0v) is 20.2. The number of para-hydroxylation sites is 2. The molecule has 0 bridgehead atoms. The summed E-state index contributed by atoms with van der Waals surface area (Å²) in [4.78, 5) is 17.2. The number of nitrogens with zero attached hydrogens (tertiary/aromatic N) is 4. The lowest BCUT2D eigenvalue weighted by Gasteiger charge is -2.14. The summed E-state index contributed by atoms with van der Waals surface area (Å²) in [5, 5.41) is 23.2. The number of thiazole rings is 1. The predicted octanol–water partition coefficient (Wildman–Crippen LogP) is 5.60. The topological polar surface area (TPSA) is 92.9 Å². The van der Waals surface area contributed by atoms with Crippen molar-refractivity contribution in [2.75, 3.05) is 11.1 Å². The van der Waals surface area contributed by atoms with Crippen LogP contribution in [0.1, 0.15) is 11.1 Å². The van der Waals surface area contributed by atoms with Crippen molar-refractivity contribution in [2.45, 2.75) is 19.0 Å². The van der Waals surface area contributed by atoms with Crippen LogP contribution < -0.4 is 5.32 Å². The minimum Gasteiger partial charge on any atom is -0.507 e. The number of hydrogen-bond donors (Lipinski definition) is 2. The van der Waals surface area contributed by atoms with Crippen LogP contribution in [-0.4, -0.2) is 36.5 Å². The van der Waals surface area contributed by atoms with E-state index in [1.54, 1.807) is 18.2 Å². The number of nitrogens with one attached hydrogen (secondary N) is 1. The fourth-order valence-electron chi connectivity index (χ4n) is 3.69. The molecule has 5 rings (SSSR count). The molecule has 34 heavy (non-hydrogen) atoms. The maximum Gasteiger partial charge on any atom is 0.236 e. The highest BCUT2D eigenvalue weighted by atomic mass is 32.2. The molecule has 0 aliphatic heterocycles. The molecule has 3 aromatic carbocycles. The van der Waals surface area contributed by atoms with Crippen LogP contribution >= 0.6 is 23.1 Å². The van der Waals surface area contributed by atoms with E-state index in [9.17, 15) is 9.90 Å². The molecule has 0 unspecified atom stereocenters. The van der Waals surface area contributed by atoms with E-state index in [2.05, 4.69) is 26.6 Å². The van der Waals surface area contributed by atoms with Gasteiger partial charge in [0.1, 0.15) is 5.75 Å². The second-order valence-electron chi connectivity index (χ2n) is 7.77. The maximum atomic E-state index is 12.7. The van der Waals surface area contributed by atoms with Crippen molar-refractivity contribution >= 4 is 44.4 Å². The number of carbonyl (C=O) groups is 1. The number of benzene rings is 3. The Morgan fingerprint density at radius 3 is 2.65 bits per heavy atom. The van der Waals surface area contributed by atoms with Gasteiger partial charge in [0.2, 0.25) is 5.91 Å². The van der Waals surface area contributed by atoms with Crippen LogP contribution in [0.15, 0.2) is 71.9 Å². The zero-order chi connectivity index (χ0) is 23.7. The highest BCUT2D eigenvalue weighted by Gasteiger charge is 2.20. The summed E-state index contributed by atoms with van der Waals surface area (Å²) in [5.41, 5.74) is 4.50. The van der Waals surface area contributed by atoms with Crippen molar-refractivity contribution in [3.63, 3.8) is 0 Å². The van der Waals surface area contributed by atoms with Crippen molar-refractivity contribution < 1.29 is 9.90 Å². The van der Waals surface area contributed by atoms with Crippen molar-refractivity contribution in [1.29, 1.82) is 0 Å². The quantitative estimate of drug-likeness (QED) is 0.303. The molecule has 0 radical (unpaired) electrons. The Balaban J connectivity index is 1.44. The minimum atomic E-state index is -0.177. The Bertz CT molecular complexity index is 1480. The number of phenolic OH excluding ortho intramolecular Hbond substituents is 1. The number of fused-ring (bicyclic) bond motifs is 1. The van der Waals surface area contributed by atoms with Crippen molar-refractivity contribution in [1.82, 2.24) is 19.7 Å². The van der Waals surface area contributed by atoms with E-state index in [-0.39, 0.29) is 17.4 Å². The number of rotatable bonds is 6. The molecule has 0 spiro atoms. The summed E-state index contributed by atoms with van der Waals surface area (Å²) in [6.07, 6.45) is 0. The van der Waals surface area contributed by atoms with Crippen LogP contribution in [-0.2, 0) is 4.79 Å². The molecule has 0 fully saturated rings. The number of anilines is 1. The first-order valence-corrected chi connectivity index (χ1v) is 12.4. The number of thioether (sulfide) groups is 1. The van der Waals surface area contributed by atoms with Gasteiger partial charge in [-0.2, -0.15) is 0 Å². The SMILES string of the molecule is Cc1ccc(-n2c(SCC(=O)Nc3nc4ccccc4s3)nnc2-c2ccccc2O)c(C)c1. The van der Waals surface area contributed by atoms with Gasteiger partial charge in [-0.25, -0.2) is 4.98 Å². The van der Waals surface area contributed by atoms with Gasteiger partial charge in [0, 0.05) is 0 Å². The van der Waals surface area contributed by atoms with E-state index in [0.717, 1.165) is 27.0 Å². The van der Waals surface area contributed by atoms with E-state index in [4.69, 9.17) is 0 Å². The second kappa shape index (κ2) is 9.28. The van der Waals surface area contributed by atoms with Gasteiger partial charge in [-0.15, -0.1) is 10.2 Å². The number of aromatic hydroxyl groups is 1. The van der Waals surface area contributed by atoms with Crippen LogP contribution in [0.25, 0.3) is 27.3 Å². The maximum absolute atomic E-state index is 12.7. The fourth-order valence-corrected chi connectivity index (χ4v) is 5.31. The molecule has 0 saturated heterocycles. The van der Waals surface area contributed by atoms with Crippen molar-refractivity contribution in [3.8, 4) is 22.8 Å². The summed E-state index contributed by atoms with van der Waals surface area (Å²) < 4.78 is 2.91. The summed E-state index contributed by atoms with van der Waals surface area (Å²) in [6, 6.07) is 20.9. The van der Waals surface area contributed by atoms with Gasteiger partial charge in [0.25, 0.3) is 0 Å². The van der Waals surface area contributed by atoms with Gasteiger partial charge in [-0.1, -0.05) is 65.1 Å². The largest absolute Gasteiger partial charge is 0.507 e. The van der Waals surface area contributed by atoms with E-state index in [1.807, 2.05) is 60.9 Å². The summed E-state index contributed by atoms with van der Waals surface area (Å²) >= 11 is 2.72. The lowest BCUT2D eigenvalue weighted by molar-refractivity contribution is -0.113. The molecular formula is C25H21N5O2S2. The van der Waals surface area contributed by atoms with E-state index in [0.29, 0.717) is 21.7 Å². The smallest absolute Gasteiger partial charge is 0.236 e. The molecule has 0 atom stereocenters. The fraction of sp³-hybridized carbons (Fsp3) is 0.120. The molecule has 2 aromatic heterocycles. The van der Waals surface area contributed by atoms with Crippen molar-refractivity contribution in [2.24, 2.45) is 0 Å². The lowest BCUT2D eigenvalue weighted by atomic mass is 10.1. The zero-order valence-electron chi connectivity index (χ0n) is 18.5. The molecule has 9 heteroatoms. The third-order valence-corrected chi connectivity index (χ3v) is 7.12. The van der Waals surface area contributed by atoms with E-state index < -0.39 is 0 Å². The summed E-state index contributed by atoms with van der Waals surface area (Å²) in [7, 11) is 0. The third kappa shape index (κ3) is 4.40. The average Bonchev–Trinajstić information content (AvgIpc) is 3.41. The second-order valence-corrected chi connectivity index (χ2v) is 9.75. The molecule has 0 aliphatic carbocycles. The van der Waals surface area contributed by atoms with Crippen LogP contribution in [0.3, 0.4) is 0 Å². The Morgan fingerprint density at radius 1 is 1.06 bits per heavy atom. The van der Waals surface area contributed by atoms with Crippen LogP contribution in [0, 0.1) is 13.8 Å². The third-order valence-electron chi connectivity index (χ3n) is 5.24. The lowest BCUT2D eigenvalue weighted by Crippen LogP contribution is -2.14. The number of amides is 1. The normalized spacial score (nSPS) is 11.1. The van der Waals surface area contributed by atoms with E-state index >= 15 is 0 Å². The summed E-state index contributed by atoms with van der Waals surface area (Å²) in [5.74, 6) is 0.591. The Kier molecular flexibility index (Phi) is 6.04. The van der Waals surface area contributed by atoms with Crippen LogP contribution in [0.2, 0.25) is 0 Å². The molecule has 2 heterocycles. The number of aromatic nitrogens is 4. The van der Waals surface area contributed by atoms with Gasteiger partial charge in [0.05, 0.1) is 27.2 Å². The molecular weight excluding hydrogens is 466 g/mol. The first-order chi connectivity index (χ1) is 16.5. The van der Waals surface area contributed by atoms with Gasteiger partial charge in [-0.3, -0.25) is 9.36 Å². The molecule has 170 valence electrons. The first kappa shape index (κ1) is 22.1. The van der Waals surface area contributed by atoms with Crippen molar-refractivity contribution in [3.05, 3.63) is 77.9 Å². The minimum absolute atomic E-state index is 0.117. The molecule has 0 saturated carbocycles. The van der Waals surface area contributed by atoms with Gasteiger partial charge < -0.3 is 10.4 Å². The number of aryl methyl sites for hydroxylation is 2. The van der Waals surface area contributed by atoms with Gasteiger partial charge in [0.15, 0.2) is 16.1 Å². The monoisotopic (exact) mass is 487 g/mol. The van der Waals surface area contributed by atoms with Crippen LogP contribution in [0.5, 0.6) is 5.75 Å². The molecule has 7 nitrogen and oxygen atoms in total. The summed E-state index contributed by atoms with van der Waals surface area (Å²) in [6.45, 7) is 4.06. The molecule has 5 aromatic rings.